The average Bonchev–Trinajstić information content (AvgIpc) is 1.95. The van der Waals surface area contributed by atoms with E-state index in [4.69, 9.17) is 5.11 Å². The zero-order valence-electron chi connectivity index (χ0n) is 7.66. The van der Waals surface area contributed by atoms with Crippen molar-refractivity contribution in [1.29, 1.82) is 0 Å². The lowest BCUT2D eigenvalue weighted by molar-refractivity contribution is -0.131. The third-order valence-electron chi connectivity index (χ3n) is 1.40. The first-order valence-electron chi connectivity index (χ1n) is 4.19. The molecule has 0 heterocycles. The number of rotatable bonds is 5. The summed E-state index contributed by atoms with van der Waals surface area (Å²) in [6.45, 7) is 4.34. The van der Waals surface area contributed by atoms with Gasteiger partial charge in [-0.25, -0.2) is 4.79 Å². The fourth-order valence-electron chi connectivity index (χ4n) is 0.742. The third-order valence-corrected chi connectivity index (χ3v) is 1.40. The van der Waals surface area contributed by atoms with Crippen molar-refractivity contribution in [2.75, 3.05) is 0 Å². The molecule has 2 nitrogen and oxygen atoms in total. The van der Waals surface area contributed by atoms with E-state index in [0.29, 0.717) is 5.92 Å². The van der Waals surface area contributed by atoms with E-state index in [1.165, 1.54) is 0 Å². The van der Waals surface area contributed by atoms with E-state index in [9.17, 15) is 4.79 Å². The normalized spacial score (nSPS) is 11.9. The van der Waals surface area contributed by atoms with Crippen LogP contribution in [-0.2, 0) is 4.79 Å². The fourth-order valence-corrected chi connectivity index (χ4v) is 0.742. The highest BCUT2D eigenvalue weighted by Crippen LogP contribution is 2.03. The Kier molecular flexibility index (Phi) is 6.07. The Morgan fingerprint density at radius 2 is 2.08 bits per heavy atom. The van der Waals surface area contributed by atoms with Gasteiger partial charge in [0.15, 0.2) is 0 Å². The van der Waals surface area contributed by atoms with Gasteiger partial charge in [0.05, 0.1) is 0 Å². The van der Waals surface area contributed by atoms with E-state index in [2.05, 4.69) is 13.8 Å². The lowest BCUT2D eigenvalue weighted by Gasteiger charge is -1.97. The molecule has 0 saturated carbocycles. The molecule has 0 aromatic heterocycles. The first-order chi connectivity index (χ1) is 5.63. The van der Waals surface area contributed by atoms with E-state index < -0.39 is 5.97 Å². The Labute approximate surface area is 73.6 Å². The second-order valence-corrected chi connectivity index (χ2v) is 3.10. The largest absolute Gasteiger partial charge is 0.478 e. The second kappa shape index (κ2) is 6.65. The van der Waals surface area contributed by atoms with Crippen LogP contribution in [0.25, 0.3) is 0 Å². The minimum atomic E-state index is -0.900. The van der Waals surface area contributed by atoms with Gasteiger partial charge in [-0.05, 0) is 18.8 Å². The molecule has 2 heteroatoms. The summed E-state index contributed by atoms with van der Waals surface area (Å²) in [7, 11) is 0. The van der Waals surface area contributed by atoms with Crippen LogP contribution >= 0.6 is 0 Å². The highest BCUT2D eigenvalue weighted by atomic mass is 16.4. The van der Waals surface area contributed by atoms with Crippen LogP contribution in [0.5, 0.6) is 0 Å². The van der Waals surface area contributed by atoms with E-state index in [1.54, 1.807) is 12.2 Å². The summed E-state index contributed by atoms with van der Waals surface area (Å²) in [5, 5.41) is 8.24. The monoisotopic (exact) mass is 168 g/mol. The van der Waals surface area contributed by atoms with Crippen molar-refractivity contribution in [2.24, 2.45) is 5.92 Å². The SMILES string of the molecule is CC(C)CC/C=C/C=C/C(=O)O. The van der Waals surface area contributed by atoms with Crippen molar-refractivity contribution in [2.45, 2.75) is 26.7 Å². The smallest absolute Gasteiger partial charge is 0.328 e. The maximum absolute atomic E-state index is 10.0. The Morgan fingerprint density at radius 3 is 2.58 bits per heavy atom. The van der Waals surface area contributed by atoms with Crippen molar-refractivity contribution >= 4 is 5.97 Å². The molecular weight excluding hydrogens is 152 g/mol. The predicted molar refractivity (Wildman–Crippen MR) is 50.0 cm³/mol. The Morgan fingerprint density at radius 1 is 1.42 bits per heavy atom. The quantitative estimate of drug-likeness (QED) is 0.506. The van der Waals surface area contributed by atoms with Gasteiger partial charge >= 0.3 is 5.97 Å². The number of hydrogen-bond donors (Lipinski definition) is 1. The van der Waals surface area contributed by atoms with Crippen LogP contribution in [0.2, 0.25) is 0 Å². The molecule has 0 amide bonds. The molecule has 0 rings (SSSR count). The van der Waals surface area contributed by atoms with E-state index in [0.717, 1.165) is 18.9 Å². The highest BCUT2D eigenvalue weighted by molar-refractivity contribution is 5.80. The molecule has 0 aromatic rings. The summed E-state index contributed by atoms with van der Waals surface area (Å²) < 4.78 is 0. The number of aliphatic carboxylic acids is 1. The number of allylic oxidation sites excluding steroid dienone is 3. The molecule has 0 aliphatic heterocycles. The summed E-state index contributed by atoms with van der Waals surface area (Å²) in [5.74, 6) is -0.193. The molecule has 0 fully saturated rings. The molecule has 0 atom stereocenters. The summed E-state index contributed by atoms with van der Waals surface area (Å²) in [6, 6.07) is 0. The summed E-state index contributed by atoms with van der Waals surface area (Å²) in [4.78, 5) is 10.0. The van der Waals surface area contributed by atoms with Crippen molar-refractivity contribution in [1.82, 2.24) is 0 Å². The van der Waals surface area contributed by atoms with Gasteiger partial charge in [-0.3, -0.25) is 0 Å². The Bertz CT molecular complexity index is 178. The van der Waals surface area contributed by atoms with Gasteiger partial charge in [0.25, 0.3) is 0 Å². The number of carboxylic acid groups (broad SMARTS) is 1. The Hall–Kier alpha value is -1.05. The van der Waals surface area contributed by atoms with E-state index in [1.807, 2.05) is 6.08 Å². The minimum absolute atomic E-state index is 0.707. The first-order valence-corrected chi connectivity index (χ1v) is 4.19. The molecular formula is C10H16O2. The molecule has 68 valence electrons. The zero-order chi connectivity index (χ0) is 9.40. The van der Waals surface area contributed by atoms with Crippen LogP contribution < -0.4 is 0 Å². The van der Waals surface area contributed by atoms with Gasteiger partial charge in [-0.2, -0.15) is 0 Å². The second-order valence-electron chi connectivity index (χ2n) is 3.10. The maximum Gasteiger partial charge on any atom is 0.328 e. The molecule has 0 unspecified atom stereocenters. The maximum atomic E-state index is 10.0. The van der Waals surface area contributed by atoms with Crippen LogP contribution in [0, 0.1) is 5.92 Å². The van der Waals surface area contributed by atoms with Gasteiger partial charge < -0.3 is 5.11 Å². The van der Waals surface area contributed by atoms with Crippen molar-refractivity contribution < 1.29 is 9.90 Å². The fraction of sp³-hybridized carbons (Fsp3) is 0.500. The van der Waals surface area contributed by atoms with Crippen LogP contribution in [0.3, 0.4) is 0 Å². The van der Waals surface area contributed by atoms with Crippen LogP contribution in [0.4, 0.5) is 0 Å². The molecule has 0 aromatic carbocycles. The van der Waals surface area contributed by atoms with Gasteiger partial charge in [0, 0.05) is 6.08 Å². The Balaban J connectivity index is 3.44. The number of hydrogen-bond acceptors (Lipinski definition) is 1. The molecule has 0 bridgehead atoms. The highest BCUT2D eigenvalue weighted by Gasteiger charge is 1.88. The lowest BCUT2D eigenvalue weighted by Crippen LogP contribution is -1.85. The van der Waals surface area contributed by atoms with Crippen molar-refractivity contribution in [3.63, 3.8) is 0 Å². The third kappa shape index (κ3) is 8.95. The van der Waals surface area contributed by atoms with Crippen LogP contribution in [0.15, 0.2) is 24.3 Å². The molecule has 0 radical (unpaired) electrons. The van der Waals surface area contributed by atoms with Crippen LogP contribution in [0.1, 0.15) is 26.7 Å². The topological polar surface area (TPSA) is 37.3 Å². The summed E-state index contributed by atoms with van der Waals surface area (Å²) in [5.41, 5.74) is 0. The van der Waals surface area contributed by atoms with Crippen molar-refractivity contribution in [3.05, 3.63) is 24.3 Å². The minimum Gasteiger partial charge on any atom is -0.478 e. The molecule has 12 heavy (non-hydrogen) atoms. The van der Waals surface area contributed by atoms with Crippen molar-refractivity contribution in [3.8, 4) is 0 Å². The molecule has 0 aliphatic carbocycles. The molecule has 0 saturated heterocycles. The van der Waals surface area contributed by atoms with Gasteiger partial charge in [0.2, 0.25) is 0 Å². The molecule has 0 spiro atoms. The standard InChI is InChI=1S/C10H16O2/c1-9(2)7-5-3-4-6-8-10(11)12/h3-4,6,8-9H,5,7H2,1-2H3,(H,11,12)/b4-3+,8-6+. The van der Waals surface area contributed by atoms with Gasteiger partial charge in [-0.15, -0.1) is 0 Å². The van der Waals surface area contributed by atoms with E-state index >= 15 is 0 Å². The van der Waals surface area contributed by atoms with Gasteiger partial charge in [-0.1, -0.05) is 32.1 Å². The van der Waals surface area contributed by atoms with Gasteiger partial charge in [0.1, 0.15) is 0 Å². The van der Waals surface area contributed by atoms with Crippen LogP contribution in [-0.4, -0.2) is 11.1 Å². The first kappa shape index (κ1) is 11.0. The lowest BCUT2D eigenvalue weighted by atomic mass is 10.1. The predicted octanol–water partition coefficient (Wildman–Crippen LogP) is 2.62. The summed E-state index contributed by atoms with van der Waals surface area (Å²) >= 11 is 0. The van der Waals surface area contributed by atoms with E-state index in [-0.39, 0.29) is 0 Å². The summed E-state index contributed by atoms with van der Waals surface area (Å²) in [6.07, 6.45) is 8.60. The average molecular weight is 168 g/mol. The molecule has 0 aliphatic rings. The zero-order valence-corrected chi connectivity index (χ0v) is 7.66. The molecule has 1 N–H and O–H groups in total. The number of carboxylic acids is 1. The number of carbonyl (C=O) groups is 1.